The molecule has 0 unspecified atom stereocenters. The number of amides is 1. The molecule has 1 aromatic rings. The van der Waals surface area contributed by atoms with Crippen molar-refractivity contribution in [2.75, 3.05) is 13.2 Å². The minimum atomic E-state index is -4.37. The summed E-state index contributed by atoms with van der Waals surface area (Å²) in [6.45, 7) is 4.69. The first-order valence-corrected chi connectivity index (χ1v) is 10.3. The van der Waals surface area contributed by atoms with E-state index in [-0.39, 0.29) is 11.7 Å². The molecule has 0 aliphatic heterocycles. The predicted octanol–water partition coefficient (Wildman–Crippen LogP) is 6.61. The lowest BCUT2D eigenvalue weighted by Crippen LogP contribution is -2.27. The van der Waals surface area contributed by atoms with Gasteiger partial charge < -0.3 is 10.1 Å². The highest BCUT2D eigenvalue weighted by molar-refractivity contribution is 5.91. The molecule has 0 aliphatic carbocycles. The van der Waals surface area contributed by atoms with Gasteiger partial charge in [-0.15, -0.1) is 0 Å². The molecule has 0 spiro atoms. The van der Waals surface area contributed by atoms with Gasteiger partial charge in [-0.25, -0.2) is 4.39 Å². The van der Waals surface area contributed by atoms with Gasteiger partial charge in [0.15, 0.2) is 5.83 Å². The Bertz CT molecular complexity index is 697. The Morgan fingerprint density at radius 2 is 1.83 bits per heavy atom. The molecular weight excluding hydrogens is 398 g/mol. The predicted molar refractivity (Wildman–Crippen MR) is 111 cm³/mol. The van der Waals surface area contributed by atoms with Gasteiger partial charge in [0.05, 0.1) is 12.2 Å². The maximum atomic E-state index is 13.5. The maximum Gasteiger partial charge on any atom is 0.416 e. The van der Waals surface area contributed by atoms with Gasteiger partial charge in [-0.2, -0.15) is 13.2 Å². The molecule has 0 radical (unpaired) electrons. The molecular formula is C23H31F4NO2. The molecule has 0 aliphatic rings. The number of hydrogen-bond acceptors (Lipinski definition) is 2. The van der Waals surface area contributed by atoms with Crippen molar-refractivity contribution < 1.29 is 27.1 Å². The topological polar surface area (TPSA) is 38.3 Å². The number of rotatable bonds is 13. The number of unbranched alkanes of at least 4 members (excludes halogenated alkanes) is 5. The van der Waals surface area contributed by atoms with E-state index in [1.807, 2.05) is 19.9 Å². The van der Waals surface area contributed by atoms with E-state index in [0.717, 1.165) is 50.7 Å². The Morgan fingerprint density at radius 1 is 1.13 bits per heavy atom. The third-order valence-electron chi connectivity index (χ3n) is 4.21. The number of hydrogen-bond donors (Lipinski definition) is 1. The van der Waals surface area contributed by atoms with E-state index >= 15 is 0 Å². The average Bonchev–Trinajstić information content (AvgIpc) is 2.69. The van der Waals surface area contributed by atoms with Crippen molar-refractivity contribution in [2.45, 2.75) is 58.5 Å². The molecule has 0 heterocycles. The first-order chi connectivity index (χ1) is 14.2. The normalized spacial score (nSPS) is 12.6. The summed E-state index contributed by atoms with van der Waals surface area (Å²) in [7, 11) is 0. The summed E-state index contributed by atoms with van der Waals surface area (Å²) in [6, 6.07) is 4.89. The van der Waals surface area contributed by atoms with Crippen LogP contribution in [0.4, 0.5) is 17.6 Å². The van der Waals surface area contributed by atoms with Crippen LogP contribution in [0.5, 0.6) is 5.75 Å². The van der Waals surface area contributed by atoms with Crippen LogP contribution in [0.25, 0.3) is 0 Å². The van der Waals surface area contributed by atoms with E-state index in [4.69, 9.17) is 4.74 Å². The Kier molecular flexibility index (Phi) is 11.9. The second kappa shape index (κ2) is 13.8. The molecule has 1 aromatic carbocycles. The second-order valence-corrected chi connectivity index (χ2v) is 7.48. The molecule has 1 N–H and O–H groups in total. The highest BCUT2D eigenvalue weighted by Gasteiger charge is 2.30. The van der Waals surface area contributed by atoms with Crippen LogP contribution in [0.15, 0.2) is 48.3 Å². The smallest absolute Gasteiger partial charge is 0.416 e. The van der Waals surface area contributed by atoms with Gasteiger partial charge in [-0.1, -0.05) is 51.3 Å². The lowest BCUT2D eigenvalue weighted by molar-refractivity contribution is -0.137. The van der Waals surface area contributed by atoms with Gasteiger partial charge in [0.25, 0.3) is 5.91 Å². The summed E-state index contributed by atoms with van der Waals surface area (Å²) in [4.78, 5) is 11.4. The van der Waals surface area contributed by atoms with E-state index in [0.29, 0.717) is 13.2 Å². The van der Waals surface area contributed by atoms with E-state index in [1.54, 1.807) is 6.08 Å². The van der Waals surface area contributed by atoms with Crippen LogP contribution in [-0.4, -0.2) is 19.1 Å². The molecule has 7 heteroatoms. The Hall–Kier alpha value is -2.31. The fraction of sp³-hybridized carbons (Fsp3) is 0.522. The molecule has 0 aromatic heterocycles. The first kappa shape index (κ1) is 25.7. The lowest BCUT2D eigenvalue weighted by atomic mass is 10.1. The number of carbonyl (C=O) groups excluding carboxylic acids is 1. The highest BCUT2D eigenvalue weighted by Crippen LogP contribution is 2.31. The number of carbonyl (C=O) groups is 1. The van der Waals surface area contributed by atoms with Crippen molar-refractivity contribution in [2.24, 2.45) is 5.92 Å². The molecule has 0 atom stereocenters. The maximum absolute atomic E-state index is 13.5. The zero-order valence-corrected chi connectivity index (χ0v) is 17.6. The first-order valence-electron chi connectivity index (χ1n) is 10.3. The summed E-state index contributed by atoms with van der Waals surface area (Å²) < 4.78 is 56.8. The lowest BCUT2D eigenvalue weighted by Gasteiger charge is -2.10. The number of alkyl halides is 3. The third kappa shape index (κ3) is 11.6. The standard InChI is InChI=1S/C23H31F4NO2/c1-18(2)17-28-22(29)21(24)14-9-7-5-3-4-6-8-10-15-30-20-13-11-12-19(16-20)23(25,26)27/h7,9,11-14,16,18H,3-6,8,10,15,17H2,1-2H3,(H,28,29). The Morgan fingerprint density at radius 3 is 2.53 bits per heavy atom. The number of halogens is 4. The van der Waals surface area contributed by atoms with E-state index in [9.17, 15) is 22.4 Å². The summed E-state index contributed by atoms with van der Waals surface area (Å²) in [5.41, 5.74) is -0.709. The Balaban J connectivity index is 2.09. The highest BCUT2D eigenvalue weighted by atomic mass is 19.4. The molecule has 3 nitrogen and oxygen atoms in total. The second-order valence-electron chi connectivity index (χ2n) is 7.48. The minimum Gasteiger partial charge on any atom is -0.494 e. The van der Waals surface area contributed by atoms with Gasteiger partial charge in [-0.05, 0) is 49.5 Å². The molecule has 1 rings (SSSR count). The van der Waals surface area contributed by atoms with Crippen molar-refractivity contribution in [1.82, 2.24) is 5.32 Å². The monoisotopic (exact) mass is 429 g/mol. The van der Waals surface area contributed by atoms with Crippen molar-refractivity contribution >= 4 is 5.91 Å². The van der Waals surface area contributed by atoms with Crippen LogP contribution in [-0.2, 0) is 11.0 Å². The minimum absolute atomic E-state index is 0.230. The molecule has 0 bridgehead atoms. The fourth-order valence-corrected chi connectivity index (χ4v) is 2.55. The fourth-order valence-electron chi connectivity index (χ4n) is 2.55. The van der Waals surface area contributed by atoms with Crippen molar-refractivity contribution in [3.63, 3.8) is 0 Å². The van der Waals surface area contributed by atoms with E-state index in [1.165, 1.54) is 18.2 Å². The quantitative estimate of drug-likeness (QED) is 0.166. The summed E-state index contributed by atoms with van der Waals surface area (Å²) in [5, 5.41) is 2.51. The third-order valence-corrected chi connectivity index (χ3v) is 4.21. The van der Waals surface area contributed by atoms with Crippen LogP contribution in [0, 0.1) is 5.92 Å². The summed E-state index contributed by atoms with van der Waals surface area (Å²) >= 11 is 0. The molecule has 1 amide bonds. The zero-order chi connectivity index (χ0) is 22.4. The van der Waals surface area contributed by atoms with Crippen LogP contribution < -0.4 is 10.1 Å². The molecule has 30 heavy (non-hydrogen) atoms. The molecule has 0 saturated heterocycles. The van der Waals surface area contributed by atoms with Gasteiger partial charge in [0.2, 0.25) is 0 Å². The number of nitrogens with one attached hydrogen (secondary N) is 1. The summed E-state index contributed by atoms with van der Waals surface area (Å²) in [5.74, 6) is -0.994. The molecule has 0 fully saturated rings. The van der Waals surface area contributed by atoms with Crippen molar-refractivity contribution in [3.8, 4) is 5.75 Å². The number of allylic oxidation sites excluding steroid dienone is 3. The van der Waals surface area contributed by atoms with Crippen LogP contribution >= 0.6 is 0 Å². The number of benzene rings is 1. The molecule has 168 valence electrons. The van der Waals surface area contributed by atoms with Crippen LogP contribution in [0.1, 0.15) is 57.9 Å². The van der Waals surface area contributed by atoms with Gasteiger partial charge >= 0.3 is 6.18 Å². The SMILES string of the molecule is CC(C)CNC(=O)C(F)=CC=CCCCCCCCOc1cccc(C(F)(F)F)c1. The largest absolute Gasteiger partial charge is 0.494 e. The van der Waals surface area contributed by atoms with Crippen LogP contribution in [0.3, 0.4) is 0 Å². The van der Waals surface area contributed by atoms with Crippen molar-refractivity contribution in [3.05, 3.63) is 53.9 Å². The Labute approximate surface area is 176 Å². The zero-order valence-electron chi connectivity index (χ0n) is 17.6. The average molecular weight is 429 g/mol. The van der Waals surface area contributed by atoms with Gasteiger partial charge in [-0.3, -0.25) is 4.79 Å². The summed E-state index contributed by atoms with van der Waals surface area (Å²) in [6.07, 6.45) is 5.59. The van der Waals surface area contributed by atoms with Gasteiger partial charge in [0, 0.05) is 6.54 Å². The number of ether oxygens (including phenoxy) is 1. The molecule has 0 saturated carbocycles. The van der Waals surface area contributed by atoms with Crippen LogP contribution in [0.2, 0.25) is 0 Å². The van der Waals surface area contributed by atoms with E-state index < -0.39 is 23.5 Å². The van der Waals surface area contributed by atoms with Crippen molar-refractivity contribution in [1.29, 1.82) is 0 Å². The van der Waals surface area contributed by atoms with Gasteiger partial charge in [0.1, 0.15) is 5.75 Å². The van der Waals surface area contributed by atoms with E-state index in [2.05, 4.69) is 5.32 Å².